The average molecular weight is 1210 g/mol. The van der Waals surface area contributed by atoms with E-state index in [0.29, 0.717) is 143 Å². The lowest BCUT2D eigenvalue weighted by molar-refractivity contribution is -0.138. The molecule has 2 aromatic heterocycles. The zero-order chi connectivity index (χ0) is 59.2. The normalized spacial score (nSPS) is 15.9. The number of Topliss-reactive ketones (excluding diaryl/α,β-unsaturated/α-hetero) is 2. The van der Waals surface area contributed by atoms with E-state index in [0.717, 1.165) is 43.5 Å². The number of hydrogen-bond acceptors (Lipinski definition) is 14. The molecule has 8 aromatic rings. The quantitative estimate of drug-likeness (QED) is 0.0843. The van der Waals surface area contributed by atoms with Crippen molar-refractivity contribution in [3.05, 3.63) is 165 Å². The Bertz CT molecular complexity index is 3740. The lowest BCUT2D eigenvalue weighted by atomic mass is 10.0. The van der Waals surface area contributed by atoms with E-state index < -0.39 is 33.5 Å². The van der Waals surface area contributed by atoms with E-state index in [9.17, 15) is 35.9 Å². The molecule has 0 N–H and O–H groups in total. The minimum atomic E-state index is -4.59. The Morgan fingerprint density at radius 1 is 0.459 bits per heavy atom. The van der Waals surface area contributed by atoms with Crippen molar-refractivity contribution >= 4 is 56.6 Å². The van der Waals surface area contributed by atoms with E-state index in [1.54, 1.807) is 79.1 Å². The monoisotopic (exact) mass is 1210 g/mol. The molecule has 0 bridgehead atoms. The number of nitrogens with zero attached hydrogens (tertiary/aromatic N) is 2. The van der Waals surface area contributed by atoms with Crippen LogP contribution in [0.3, 0.4) is 0 Å². The van der Waals surface area contributed by atoms with Crippen molar-refractivity contribution in [3.8, 4) is 57.5 Å². The lowest BCUT2D eigenvalue weighted by Crippen LogP contribution is -2.26. The van der Waals surface area contributed by atoms with Crippen LogP contribution in [-0.2, 0) is 57.1 Å². The van der Waals surface area contributed by atoms with Crippen molar-refractivity contribution in [2.24, 2.45) is 0 Å². The number of halogens is 8. The van der Waals surface area contributed by atoms with Gasteiger partial charge in [0.25, 0.3) is 0 Å². The highest BCUT2D eigenvalue weighted by molar-refractivity contribution is 6.31. The van der Waals surface area contributed by atoms with Crippen LogP contribution in [-0.4, -0.2) is 86.6 Å². The van der Waals surface area contributed by atoms with E-state index in [1.807, 2.05) is 6.07 Å². The molecule has 22 heteroatoms. The Hall–Kier alpha value is -8.04. The van der Waals surface area contributed by atoms with Crippen LogP contribution in [0.4, 0.5) is 26.3 Å². The SMILES string of the molecule is O=C(Cc1ccc(Oc2ccnc3cc(OC4CCOC4)c4c(c23)OCCO4)cc1)Cc1ccc(Cl)c(C(F)(F)F)c1.O=C(Cc1ccc(Oc2ccnc3cc(OC4CCOCC4)c4c(c23)OCCO4)cc1)Cc1ccc(Cl)c(C(F)(F)F)c1. The van der Waals surface area contributed by atoms with Crippen molar-refractivity contribution < 1.29 is 83.3 Å². The number of rotatable bonds is 16. The largest absolute Gasteiger partial charge is 0.486 e. The van der Waals surface area contributed by atoms with Crippen molar-refractivity contribution in [1.82, 2.24) is 9.97 Å². The van der Waals surface area contributed by atoms with Crippen molar-refractivity contribution in [2.45, 2.75) is 69.5 Å². The van der Waals surface area contributed by atoms with E-state index in [2.05, 4.69) is 9.97 Å². The molecule has 1 unspecified atom stereocenters. The minimum Gasteiger partial charge on any atom is -0.486 e. The van der Waals surface area contributed by atoms with Crippen molar-refractivity contribution in [3.63, 3.8) is 0 Å². The smallest absolute Gasteiger partial charge is 0.417 e. The third-order valence-electron chi connectivity index (χ3n) is 14.1. The first kappa shape index (κ1) is 58.7. The molecule has 14 nitrogen and oxygen atoms in total. The predicted octanol–water partition coefficient (Wildman–Crippen LogP) is 14.4. The maximum Gasteiger partial charge on any atom is 0.417 e. The fraction of sp³-hybridized carbons (Fsp3) is 0.302. The summed E-state index contributed by atoms with van der Waals surface area (Å²) in [5.41, 5.74) is 1.24. The van der Waals surface area contributed by atoms with E-state index in [4.69, 9.17) is 70.6 Å². The molecule has 0 saturated carbocycles. The topological polar surface area (TPSA) is 152 Å². The molecule has 6 aromatic carbocycles. The van der Waals surface area contributed by atoms with Gasteiger partial charge in [-0.1, -0.05) is 59.6 Å². The summed E-state index contributed by atoms with van der Waals surface area (Å²) in [5.74, 6) is 4.71. The van der Waals surface area contributed by atoms with Gasteiger partial charge < -0.3 is 47.4 Å². The predicted molar refractivity (Wildman–Crippen MR) is 301 cm³/mol. The Morgan fingerprint density at radius 2 is 0.847 bits per heavy atom. The first-order chi connectivity index (χ1) is 41.0. The Balaban J connectivity index is 0.000000177. The number of alkyl halides is 6. The zero-order valence-electron chi connectivity index (χ0n) is 45.1. The van der Waals surface area contributed by atoms with Gasteiger partial charge in [0, 0.05) is 69.5 Å². The van der Waals surface area contributed by atoms with Gasteiger partial charge in [-0.05, 0) is 82.9 Å². The van der Waals surface area contributed by atoms with Crippen LogP contribution in [0.15, 0.2) is 122 Å². The molecule has 0 radical (unpaired) electrons. The summed E-state index contributed by atoms with van der Waals surface area (Å²) >= 11 is 11.4. The van der Waals surface area contributed by atoms with Gasteiger partial charge in [-0.2, -0.15) is 26.3 Å². The lowest BCUT2D eigenvalue weighted by Gasteiger charge is -2.27. The average Bonchev–Trinajstić information content (AvgIpc) is 1.31. The van der Waals surface area contributed by atoms with Crippen molar-refractivity contribution in [1.29, 1.82) is 0 Å². The Labute approximate surface area is 492 Å². The zero-order valence-corrected chi connectivity index (χ0v) is 46.6. The number of ether oxygens (including phenoxy) is 10. The van der Waals surface area contributed by atoms with Crippen LogP contribution in [0.25, 0.3) is 21.8 Å². The number of aromatic nitrogens is 2. The van der Waals surface area contributed by atoms with Gasteiger partial charge in [0.15, 0.2) is 23.0 Å². The van der Waals surface area contributed by atoms with Gasteiger partial charge in [0.05, 0.1) is 69.4 Å². The van der Waals surface area contributed by atoms with Crippen LogP contribution in [0, 0.1) is 0 Å². The molecule has 6 heterocycles. The van der Waals surface area contributed by atoms with Gasteiger partial charge in [-0.3, -0.25) is 19.6 Å². The van der Waals surface area contributed by atoms with Gasteiger partial charge in [0.1, 0.15) is 73.2 Å². The maximum absolute atomic E-state index is 13.2. The number of ketones is 2. The van der Waals surface area contributed by atoms with Gasteiger partial charge >= 0.3 is 12.4 Å². The summed E-state index contributed by atoms with van der Waals surface area (Å²) in [7, 11) is 0. The number of carbonyl (C=O) groups is 2. The second-order valence-electron chi connectivity index (χ2n) is 20.3. The molecule has 0 amide bonds. The fourth-order valence-electron chi connectivity index (χ4n) is 10.1. The summed E-state index contributed by atoms with van der Waals surface area (Å²) in [4.78, 5) is 34.3. The number of fused-ring (bicyclic) bond motifs is 6. The van der Waals surface area contributed by atoms with E-state index in [-0.39, 0.29) is 60.6 Å². The second-order valence-corrected chi connectivity index (χ2v) is 21.1. The summed E-state index contributed by atoms with van der Waals surface area (Å²) in [6, 6.07) is 28.0. The molecule has 12 rings (SSSR count). The van der Waals surface area contributed by atoms with Gasteiger partial charge in [0.2, 0.25) is 11.5 Å². The molecular formula is C63H52Cl2F6N2O12. The summed E-state index contributed by atoms with van der Waals surface area (Å²) in [5, 5.41) is 0.494. The molecule has 2 fully saturated rings. The minimum absolute atomic E-state index is 0.00852. The van der Waals surface area contributed by atoms with Crippen molar-refractivity contribution in [2.75, 3.05) is 52.9 Å². The number of benzene rings is 6. The Kier molecular flexibility index (Phi) is 17.7. The summed E-state index contributed by atoms with van der Waals surface area (Å²) in [6.45, 7) is 3.95. The molecule has 0 spiro atoms. The Morgan fingerprint density at radius 3 is 1.27 bits per heavy atom. The van der Waals surface area contributed by atoms with Gasteiger partial charge in [-0.25, -0.2) is 0 Å². The van der Waals surface area contributed by atoms with Crippen LogP contribution in [0.1, 0.15) is 52.6 Å². The third-order valence-corrected chi connectivity index (χ3v) is 14.8. The van der Waals surface area contributed by atoms with Crippen LogP contribution < -0.4 is 37.9 Å². The number of pyridine rings is 2. The molecule has 2 saturated heterocycles. The van der Waals surface area contributed by atoms with Crippen LogP contribution in [0.2, 0.25) is 10.0 Å². The standard InChI is InChI=1S/C32H27ClF3NO6.C31H25ClF3NO6/c33-25-6-3-20(17-24(25)32(34,35)36)16-21(38)15-19-1-4-22(5-2-19)42-27-7-10-37-26-18-28(43-23-8-11-39-12-9-23)30-31(29(26)27)41-14-13-40-30;32-24-6-3-19(15-23(24)31(33,34)35)14-20(37)13-18-1-4-21(5-2-18)41-26-7-9-36-25-16-27(42-22-8-10-38-17-22)29-30(28(25)26)40-12-11-39-29/h1-7,10,17-18,23H,8-9,11-16H2;1-7,9,15-16,22H,8,10-14,17H2. The number of carbonyl (C=O) groups excluding carboxylic acids is 2. The highest BCUT2D eigenvalue weighted by Crippen LogP contribution is 2.51. The van der Waals surface area contributed by atoms with Crippen LogP contribution in [0.5, 0.6) is 57.5 Å². The highest BCUT2D eigenvalue weighted by Gasteiger charge is 2.35. The number of hydrogen-bond donors (Lipinski definition) is 0. The van der Waals surface area contributed by atoms with Gasteiger partial charge in [-0.15, -0.1) is 0 Å². The van der Waals surface area contributed by atoms with E-state index in [1.165, 1.54) is 12.1 Å². The third kappa shape index (κ3) is 14.2. The van der Waals surface area contributed by atoms with E-state index >= 15 is 0 Å². The van der Waals surface area contributed by atoms with Crippen LogP contribution >= 0.6 is 23.2 Å². The molecule has 1 atom stereocenters. The maximum atomic E-state index is 13.2. The highest BCUT2D eigenvalue weighted by atomic mass is 35.5. The molecule has 442 valence electrons. The summed E-state index contributed by atoms with van der Waals surface area (Å²) in [6.07, 6.45) is -3.82. The molecule has 0 aliphatic carbocycles. The molecule has 4 aliphatic heterocycles. The molecular weight excluding hydrogens is 1160 g/mol. The first-order valence-corrected chi connectivity index (χ1v) is 27.9. The first-order valence-electron chi connectivity index (χ1n) is 27.2. The fourth-order valence-corrected chi connectivity index (χ4v) is 10.5. The summed E-state index contributed by atoms with van der Waals surface area (Å²) < 4.78 is 139. The molecule has 4 aliphatic rings. The second kappa shape index (κ2) is 25.7. The molecule has 85 heavy (non-hydrogen) atoms.